The lowest BCUT2D eigenvalue weighted by Crippen LogP contribution is -2.30. The van der Waals surface area contributed by atoms with E-state index in [1.54, 1.807) is 49.4 Å². The highest BCUT2D eigenvalue weighted by Crippen LogP contribution is 2.26. The Bertz CT molecular complexity index is 1490. The average Bonchev–Trinajstić information content (AvgIpc) is 3.29. The molecular weight excluding hydrogens is 522 g/mol. The molecule has 4 aromatic rings. The van der Waals surface area contributed by atoms with Crippen molar-refractivity contribution in [1.29, 1.82) is 0 Å². The molecule has 1 aromatic heterocycles. The second kappa shape index (κ2) is 11.3. The SMILES string of the molecule is CCS(=O)(=O)c1ccc([C@H](CO)NC(=O)c2ccc3nc(Cc4ccc(OC(F)F)cc4)sc3c2)cc1. The van der Waals surface area contributed by atoms with Crippen LogP contribution in [-0.4, -0.2) is 43.4 Å². The highest BCUT2D eigenvalue weighted by atomic mass is 32.2. The number of nitrogens with zero attached hydrogens (tertiary/aromatic N) is 1. The number of nitrogens with one attached hydrogen (secondary N) is 1. The van der Waals surface area contributed by atoms with E-state index in [9.17, 15) is 27.1 Å². The molecule has 1 heterocycles. The summed E-state index contributed by atoms with van der Waals surface area (Å²) in [4.78, 5) is 17.7. The number of carbonyl (C=O) groups is 1. The molecule has 0 bridgehead atoms. The van der Waals surface area contributed by atoms with Crippen LogP contribution in [0.1, 0.15) is 39.5 Å². The van der Waals surface area contributed by atoms with Crippen LogP contribution in [0.25, 0.3) is 10.2 Å². The smallest absolute Gasteiger partial charge is 0.387 e. The fraction of sp³-hybridized carbons (Fsp3) is 0.231. The van der Waals surface area contributed by atoms with Gasteiger partial charge in [0.15, 0.2) is 9.84 Å². The summed E-state index contributed by atoms with van der Waals surface area (Å²) >= 11 is 1.42. The molecule has 7 nitrogen and oxygen atoms in total. The Kier molecular flexibility index (Phi) is 8.16. The third-order valence-electron chi connectivity index (χ3n) is 5.71. The summed E-state index contributed by atoms with van der Waals surface area (Å²) in [5.41, 5.74) is 2.57. The van der Waals surface area contributed by atoms with Crippen LogP contribution in [0.2, 0.25) is 0 Å². The molecule has 1 amide bonds. The van der Waals surface area contributed by atoms with Gasteiger partial charge in [0, 0.05) is 12.0 Å². The zero-order valence-electron chi connectivity index (χ0n) is 19.7. The van der Waals surface area contributed by atoms with Crippen molar-refractivity contribution in [1.82, 2.24) is 10.3 Å². The van der Waals surface area contributed by atoms with E-state index >= 15 is 0 Å². The van der Waals surface area contributed by atoms with Crippen LogP contribution in [0.5, 0.6) is 5.75 Å². The van der Waals surface area contributed by atoms with E-state index < -0.39 is 28.4 Å². The first kappa shape index (κ1) is 26.6. The van der Waals surface area contributed by atoms with E-state index in [1.807, 2.05) is 0 Å². The normalized spacial score (nSPS) is 12.6. The summed E-state index contributed by atoms with van der Waals surface area (Å²) in [5.74, 6) is -0.325. The minimum Gasteiger partial charge on any atom is -0.435 e. The number of aliphatic hydroxyl groups excluding tert-OH is 1. The van der Waals surface area contributed by atoms with Crippen molar-refractivity contribution in [3.63, 3.8) is 0 Å². The highest BCUT2D eigenvalue weighted by molar-refractivity contribution is 7.91. The van der Waals surface area contributed by atoms with Gasteiger partial charge in [-0.05, 0) is 53.6 Å². The fourth-order valence-corrected chi connectivity index (χ4v) is 5.63. The Hall–Kier alpha value is -3.41. The van der Waals surface area contributed by atoms with E-state index in [-0.39, 0.29) is 23.0 Å². The molecule has 194 valence electrons. The van der Waals surface area contributed by atoms with Crippen molar-refractivity contribution in [3.8, 4) is 5.75 Å². The molecule has 0 radical (unpaired) electrons. The number of halogens is 2. The number of fused-ring (bicyclic) bond motifs is 1. The molecule has 1 atom stereocenters. The van der Waals surface area contributed by atoms with Gasteiger partial charge in [0.25, 0.3) is 5.91 Å². The predicted molar refractivity (Wildman–Crippen MR) is 137 cm³/mol. The highest BCUT2D eigenvalue weighted by Gasteiger charge is 2.18. The minimum atomic E-state index is -3.35. The number of amides is 1. The zero-order valence-corrected chi connectivity index (χ0v) is 21.4. The summed E-state index contributed by atoms with van der Waals surface area (Å²) in [6, 6.07) is 16.8. The quantitative estimate of drug-likeness (QED) is 0.298. The zero-order chi connectivity index (χ0) is 26.6. The second-order valence-corrected chi connectivity index (χ2v) is 11.6. The van der Waals surface area contributed by atoms with Gasteiger partial charge in [0.1, 0.15) is 5.75 Å². The van der Waals surface area contributed by atoms with Crippen LogP contribution in [0, 0.1) is 0 Å². The van der Waals surface area contributed by atoms with E-state index in [1.165, 1.54) is 35.6 Å². The molecule has 0 saturated heterocycles. The molecule has 0 aliphatic carbocycles. The third-order valence-corrected chi connectivity index (χ3v) is 8.48. The molecule has 0 spiro atoms. The molecule has 11 heteroatoms. The number of alkyl halides is 2. The summed E-state index contributed by atoms with van der Waals surface area (Å²) < 4.78 is 53.9. The third kappa shape index (κ3) is 6.48. The standard InChI is InChI=1S/C26H24F2N2O5S2/c1-2-37(33,34)20-10-5-17(6-11-20)22(15-31)30-25(32)18-7-12-21-23(14-18)36-24(29-21)13-16-3-8-19(9-4-16)35-26(27)28/h3-12,14,22,26,31H,2,13,15H2,1H3,(H,30,32)/t22-/m0/s1. The van der Waals surface area contributed by atoms with E-state index in [0.717, 1.165) is 20.8 Å². The van der Waals surface area contributed by atoms with Crippen molar-refractivity contribution >= 4 is 37.3 Å². The van der Waals surface area contributed by atoms with E-state index in [0.29, 0.717) is 17.5 Å². The predicted octanol–water partition coefficient (Wildman–Crippen LogP) is 4.75. The van der Waals surface area contributed by atoms with Gasteiger partial charge in [-0.25, -0.2) is 13.4 Å². The number of aromatic nitrogens is 1. The van der Waals surface area contributed by atoms with Crippen LogP contribution < -0.4 is 10.1 Å². The van der Waals surface area contributed by atoms with Crippen LogP contribution in [0.15, 0.2) is 71.6 Å². The summed E-state index contributed by atoms with van der Waals surface area (Å²) in [6.07, 6.45) is 0.492. The topological polar surface area (TPSA) is 106 Å². The first-order valence-electron chi connectivity index (χ1n) is 11.4. The molecule has 2 N–H and O–H groups in total. The molecule has 4 rings (SSSR count). The van der Waals surface area contributed by atoms with Gasteiger partial charge in [-0.1, -0.05) is 31.2 Å². The average molecular weight is 547 g/mol. The maximum Gasteiger partial charge on any atom is 0.387 e. The molecule has 37 heavy (non-hydrogen) atoms. The van der Waals surface area contributed by atoms with Gasteiger partial charge >= 0.3 is 6.61 Å². The van der Waals surface area contributed by atoms with Gasteiger partial charge in [-0.15, -0.1) is 11.3 Å². The van der Waals surface area contributed by atoms with Crippen LogP contribution in [0.4, 0.5) is 8.78 Å². The molecule has 0 aliphatic rings. The number of hydrogen-bond acceptors (Lipinski definition) is 7. The molecule has 0 unspecified atom stereocenters. The van der Waals surface area contributed by atoms with E-state index in [4.69, 9.17) is 0 Å². The summed E-state index contributed by atoms with van der Waals surface area (Å²) in [5, 5.41) is 13.4. The number of thiazole rings is 1. The second-order valence-electron chi connectivity index (χ2n) is 8.17. The number of rotatable bonds is 10. The van der Waals surface area contributed by atoms with Gasteiger partial charge in [0.2, 0.25) is 0 Å². The number of hydrogen-bond donors (Lipinski definition) is 2. The van der Waals surface area contributed by atoms with Crippen LogP contribution in [0.3, 0.4) is 0 Å². The van der Waals surface area contributed by atoms with Gasteiger partial charge in [-0.3, -0.25) is 4.79 Å². The number of sulfone groups is 1. The Balaban J connectivity index is 1.46. The monoisotopic (exact) mass is 546 g/mol. The largest absolute Gasteiger partial charge is 0.435 e. The number of ether oxygens (including phenoxy) is 1. The Morgan fingerprint density at radius 1 is 1.08 bits per heavy atom. The Morgan fingerprint density at radius 2 is 1.78 bits per heavy atom. The summed E-state index contributed by atoms with van der Waals surface area (Å²) in [6.45, 7) is -1.67. The van der Waals surface area contributed by atoms with Crippen molar-refractivity contribution in [2.45, 2.75) is 30.9 Å². The molecular formula is C26H24F2N2O5S2. The fourth-order valence-electron chi connectivity index (χ4n) is 3.70. The van der Waals surface area contributed by atoms with Crippen molar-refractivity contribution in [2.75, 3.05) is 12.4 Å². The lowest BCUT2D eigenvalue weighted by Gasteiger charge is -2.17. The van der Waals surface area contributed by atoms with Crippen molar-refractivity contribution in [2.24, 2.45) is 0 Å². The van der Waals surface area contributed by atoms with E-state index in [2.05, 4.69) is 15.0 Å². The minimum absolute atomic E-state index is 0.0170. The van der Waals surface area contributed by atoms with Crippen molar-refractivity contribution < 1.29 is 31.8 Å². The van der Waals surface area contributed by atoms with Crippen LogP contribution in [-0.2, 0) is 16.3 Å². The Labute approximate surface area is 216 Å². The maximum absolute atomic E-state index is 12.9. The van der Waals surface area contributed by atoms with Gasteiger partial charge in [-0.2, -0.15) is 8.78 Å². The molecule has 0 fully saturated rings. The van der Waals surface area contributed by atoms with Crippen LogP contribution >= 0.6 is 11.3 Å². The molecule has 0 saturated carbocycles. The number of carbonyl (C=O) groups excluding carboxylic acids is 1. The lowest BCUT2D eigenvalue weighted by molar-refractivity contribution is -0.0498. The molecule has 3 aromatic carbocycles. The number of benzene rings is 3. The first-order valence-corrected chi connectivity index (χ1v) is 13.8. The first-order chi connectivity index (χ1) is 17.7. The number of aliphatic hydroxyl groups is 1. The Morgan fingerprint density at radius 3 is 2.41 bits per heavy atom. The van der Waals surface area contributed by atoms with Gasteiger partial charge in [0.05, 0.1) is 38.5 Å². The molecule has 0 aliphatic heterocycles. The van der Waals surface area contributed by atoms with Crippen molar-refractivity contribution in [3.05, 3.63) is 88.4 Å². The maximum atomic E-state index is 12.9. The van der Waals surface area contributed by atoms with Gasteiger partial charge < -0.3 is 15.2 Å². The summed E-state index contributed by atoms with van der Waals surface area (Å²) in [7, 11) is -3.35. The lowest BCUT2D eigenvalue weighted by atomic mass is 10.1.